The molecule has 2 rings (SSSR count). The smallest absolute Gasteiger partial charge is 0.184 e. The molecule has 0 spiro atoms. The third-order valence-electron chi connectivity index (χ3n) is 1.83. The lowest BCUT2D eigenvalue weighted by molar-refractivity contribution is -0.0441. The molecule has 2 N–H and O–H groups in total. The van der Waals surface area contributed by atoms with Crippen molar-refractivity contribution in [1.82, 2.24) is 0 Å². The van der Waals surface area contributed by atoms with Gasteiger partial charge in [0.2, 0.25) is 0 Å². The summed E-state index contributed by atoms with van der Waals surface area (Å²) in [7, 11) is 0. The molecule has 0 unspecified atom stereocenters. The lowest BCUT2D eigenvalue weighted by Gasteiger charge is -2.08. The van der Waals surface area contributed by atoms with Crippen molar-refractivity contribution in [3.8, 4) is 0 Å². The van der Waals surface area contributed by atoms with Crippen LogP contribution in [0.2, 0.25) is 0 Å². The number of hydrogen-bond acceptors (Lipinski definition) is 3. The first-order valence-corrected chi connectivity index (χ1v) is 3.95. The van der Waals surface area contributed by atoms with Crippen LogP contribution in [0.25, 0.3) is 0 Å². The van der Waals surface area contributed by atoms with Crippen LogP contribution in [0.3, 0.4) is 0 Å². The molecule has 0 saturated carbocycles. The largest absolute Gasteiger partial charge is 0.399 e. The molecule has 1 aliphatic heterocycles. The van der Waals surface area contributed by atoms with E-state index < -0.39 is 0 Å². The third-order valence-corrected chi connectivity index (χ3v) is 1.83. The summed E-state index contributed by atoms with van der Waals surface area (Å²) >= 11 is 0. The minimum atomic E-state index is -0.189. The molecular formula is C9H13NO2S. The summed E-state index contributed by atoms with van der Waals surface area (Å²) in [5.74, 6) is 0. The van der Waals surface area contributed by atoms with Crippen LogP contribution in [0.15, 0.2) is 24.3 Å². The van der Waals surface area contributed by atoms with Gasteiger partial charge in [0, 0.05) is 11.3 Å². The van der Waals surface area contributed by atoms with Gasteiger partial charge in [-0.2, -0.15) is 13.5 Å². The minimum Gasteiger partial charge on any atom is -0.399 e. The standard InChI is InChI=1S/C9H11NO2.H2S/c10-8-3-1-7(2-4-8)9-11-5-6-12-9;/h1-4,9H,5-6,10H2;1H2. The molecule has 3 nitrogen and oxygen atoms in total. The van der Waals surface area contributed by atoms with Gasteiger partial charge in [-0.05, 0) is 12.1 Å². The zero-order valence-electron chi connectivity index (χ0n) is 7.19. The Labute approximate surface area is 84.3 Å². The van der Waals surface area contributed by atoms with Crippen LogP contribution in [0.1, 0.15) is 11.9 Å². The highest BCUT2D eigenvalue weighted by atomic mass is 32.1. The van der Waals surface area contributed by atoms with Gasteiger partial charge in [0.25, 0.3) is 0 Å². The molecule has 0 bridgehead atoms. The highest BCUT2D eigenvalue weighted by Gasteiger charge is 2.17. The molecule has 4 heteroatoms. The van der Waals surface area contributed by atoms with Crippen molar-refractivity contribution in [3.63, 3.8) is 0 Å². The lowest BCUT2D eigenvalue weighted by Crippen LogP contribution is -1.97. The minimum absolute atomic E-state index is 0. The van der Waals surface area contributed by atoms with E-state index in [-0.39, 0.29) is 19.8 Å². The third kappa shape index (κ3) is 2.37. The van der Waals surface area contributed by atoms with E-state index in [4.69, 9.17) is 15.2 Å². The average Bonchev–Trinajstić information content (AvgIpc) is 2.58. The van der Waals surface area contributed by atoms with E-state index in [0.29, 0.717) is 13.2 Å². The first-order valence-electron chi connectivity index (χ1n) is 3.95. The summed E-state index contributed by atoms with van der Waals surface area (Å²) < 4.78 is 10.6. The second-order valence-corrected chi connectivity index (χ2v) is 2.74. The first kappa shape index (κ1) is 10.4. The van der Waals surface area contributed by atoms with Crippen molar-refractivity contribution in [2.75, 3.05) is 18.9 Å². The van der Waals surface area contributed by atoms with Crippen molar-refractivity contribution < 1.29 is 9.47 Å². The molecule has 0 aromatic heterocycles. The van der Waals surface area contributed by atoms with Crippen LogP contribution < -0.4 is 5.73 Å². The van der Waals surface area contributed by atoms with Crippen LogP contribution in [0.5, 0.6) is 0 Å². The van der Waals surface area contributed by atoms with Crippen LogP contribution >= 0.6 is 13.5 Å². The van der Waals surface area contributed by atoms with Gasteiger partial charge in [0.1, 0.15) is 0 Å². The van der Waals surface area contributed by atoms with E-state index in [1.54, 1.807) is 0 Å². The maximum Gasteiger partial charge on any atom is 0.184 e. The molecule has 0 radical (unpaired) electrons. The van der Waals surface area contributed by atoms with Crippen molar-refractivity contribution >= 4 is 19.2 Å². The summed E-state index contributed by atoms with van der Waals surface area (Å²) in [5.41, 5.74) is 7.33. The number of anilines is 1. The Morgan fingerprint density at radius 2 is 1.62 bits per heavy atom. The Morgan fingerprint density at radius 1 is 1.08 bits per heavy atom. The van der Waals surface area contributed by atoms with E-state index in [0.717, 1.165) is 11.3 Å². The second kappa shape index (κ2) is 4.50. The zero-order chi connectivity index (χ0) is 8.39. The van der Waals surface area contributed by atoms with Gasteiger partial charge in [-0.3, -0.25) is 0 Å². The maximum atomic E-state index is 5.54. The van der Waals surface area contributed by atoms with Crippen LogP contribution in [0.4, 0.5) is 5.69 Å². The first-order chi connectivity index (χ1) is 5.86. The van der Waals surface area contributed by atoms with E-state index in [9.17, 15) is 0 Å². The van der Waals surface area contributed by atoms with E-state index in [1.165, 1.54) is 0 Å². The van der Waals surface area contributed by atoms with Gasteiger partial charge in [0.15, 0.2) is 6.29 Å². The highest BCUT2D eigenvalue weighted by Crippen LogP contribution is 2.23. The molecule has 1 fully saturated rings. The molecule has 0 amide bonds. The highest BCUT2D eigenvalue weighted by molar-refractivity contribution is 7.59. The molecule has 0 aliphatic carbocycles. The van der Waals surface area contributed by atoms with Crippen LogP contribution in [0, 0.1) is 0 Å². The fraction of sp³-hybridized carbons (Fsp3) is 0.333. The zero-order valence-corrected chi connectivity index (χ0v) is 8.19. The number of hydrogen-bond donors (Lipinski definition) is 1. The SMILES string of the molecule is Nc1ccc(C2OCCO2)cc1.S. The molecule has 1 saturated heterocycles. The predicted molar refractivity (Wildman–Crippen MR) is 55.9 cm³/mol. The fourth-order valence-electron chi connectivity index (χ4n) is 1.20. The van der Waals surface area contributed by atoms with E-state index in [2.05, 4.69) is 0 Å². The molecule has 72 valence electrons. The Morgan fingerprint density at radius 3 is 2.15 bits per heavy atom. The van der Waals surface area contributed by atoms with Crippen LogP contribution in [-0.2, 0) is 9.47 Å². The van der Waals surface area contributed by atoms with Crippen molar-refractivity contribution in [2.45, 2.75) is 6.29 Å². The quantitative estimate of drug-likeness (QED) is 0.696. The fourth-order valence-corrected chi connectivity index (χ4v) is 1.20. The van der Waals surface area contributed by atoms with Gasteiger partial charge in [-0.15, -0.1) is 0 Å². The normalized spacial score (nSPS) is 16.9. The molecule has 1 heterocycles. The average molecular weight is 199 g/mol. The van der Waals surface area contributed by atoms with Gasteiger partial charge < -0.3 is 15.2 Å². The lowest BCUT2D eigenvalue weighted by atomic mass is 10.2. The van der Waals surface area contributed by atoms with Gasteiger partial charge >= 0.3 is 0 Å². The van der Waals surface area contributed by atoms with Crippen molar-refractivity contribution in [1.29, 1.82) is 0 Å². The summed E-state index contributed by atoms with van der Waals surface area (Å²) in [5, 5.41) is 0. The molecule has 0 atom stereocenters. The molecule has 1 aliphatic rings. The number of nitrogens with two attached hydrogens (primary N) is 1. The topological polar surface area (TPSA) is 44.5 Å². The summed E-state index contributed by atoms with van der Waals surface area (Å²) in [4.78, 5) is 0. The molecular weight excluding hydrogens is 186 g/mol. The number of ether oxygens (including phenoxy) is 2. The van der Waals surface area contributed by atoms with E-state index >= 15 is 0 Å². The van der Waals surface area contributed by atoms with Crippen molar-refractivity contribution in [2.24, 2.45) is 0 Å². The summed E-state index contributed by atoms with van der Waals surface area (Å²) in [6.45, 7) is 1.35. The Bertz CT molecular complexity index is 257. The molecule has 13 heavy (non-hydrogen) atoms. The van der Waals surface area contributed by atoms with Gasteiger partial charge in [-0.25, -0.2) is 0 Å². The Hall–Kier alpha value is -0.710. The van der Waals surface area contributed by atoms with Gasteiger partial charge in [-0.1, -0.05) is 12.1 Å². The molecule has 1 aromatic rings. The predicted octanol–water partition coefficient (Wildman–Crippen LogP) is 1.43. The van der Waals surface area contributed by atoms with E-state index in [1.807, 2.05) is 24.3 Å². The number of rotatable bonds is 1. The Kier molecular flexibility index (Phi) is 3.59. The maximum absolute atomic E-state index is 5.54. The van der Waals surface area contributed by atoms with Crippen molar-refractivity contribution in [3.05, 3.63) is 29.8 Å². The molecule has 1 aromatic carbocycles. The Balaban J connectivity index is 0.000000845. The second-order valence-electron chi connectivity index (χ2n) is 2.74. The monoisotopic (exact) mass is 199 g/mol. The van der Waals surface area contributed by atoms with Crippen LogP contribution in [-0.4, -0.2) is 13.2 Å². The number of benzene rings is 1. The summed E-state index contributed by atoms with van der Waals surface area (Å²) in [6, 6.07) is 7.54. The number of nitrogen functional groups attached to an aromatic ring is 1. The van der Waals surface area contributed by atoms with Gasteiger partial charge in [0.05, 0.1) is 13.2 Å². The summed E-state index contributed by atoms with van der Waals surface area (Å²) in [6.07, 6.45) is -0.189.